The number of aromatic nitrogens is 6. The maximum Gasteiger partial charge on any atom is 0.311 e. The third kappa shape index (κ3) is 4.47. The molecule has 54 heavy (non-hydrogen) atoms. The average molecular weight is 718 g/mol. The van der Waals surface area contributed by atoms with Crippen molar-refractivity contribution in [3.63, 3.8) is 0 Å². The van der Waals surface area contributed by atoms with E-state index in [0.29, 0.717) is 29.9 Å². The lowest BCUT2D eigenvalue weighted by Gasteiger charge is -2.49. The first kappa shape index (κ1) is 32.3. The number of carboxylic acid groups (broad SMARTS) is 1. The number of carbonyl (C=O) groups is 2. The lowest BCUT2D eigenvalue weighted by atomic mass is 9.61. The van der Waals surface area contributed by atoms with Crippen LogP contribution >= 0.6 is 0 Å². The van der Waals surface area contributed by atoms with Gasteiger partial charge in [0.05, 0.1) is 34.8 Å². The number of imidazole rings is 3. The summed E-state index contributed by atoms with van der Waals surface area (Å²) in [5.41, 5.74) is 4.91. The Morgan fingerprint density at radius 2 is 1.28 bits per heavy atom. The minimum absolute atomic E-state index is 0.0692. The molecule has 10 nitrogen and oxygen atoms in total. The third-order valence-electron chi connectivity index (χ3n) is 12.3. The van der Waals surface area contributed by atoms with Crippen LogP contribution in [0, 0.1) is 16.6 Å². The van der Waals surface area contributed by atoms with Gasteiger partial charge in [-0.25, -0.2) is 19.3 Å². The summed E-state index contributed by atoms with van der Waals surface area (Å²) in [6.07, 6.45) is 10.4. The minimum atomic E-state index is -0.757. The molecule has 6 aliphatic rings. The van der Waals surface area contributed by atoms with E-state index in [1.54, 1.807) is 24.5 Å². The molecule has 4 aliphatic heterocycles. The predicted molar refractivity (Wildman–Crippen MR) is 201 cm³/mol. The summed E-state index contributed by atoms with van der Waals surface area (Å²) >= 11 is 0. The lowest BCUT2D eigenvalue weighted by molar-refractivity contribution is -0.152. The van der Waals surface area contributed by atoms with E-state index in [4.69, 9.17) is 0 Å². The fourth-order valence-electron chi connectivity index (χ4n) is 9.82. The van der Waals surface area contributed by atoms with Crippen molar-refractivity contribution in [2.75, 3.05) is 5.32 Å². The summed E-state index contributed by atoms with van der Waals surface area (Å²) in [5, 5.41) is 14.0. The van der Waals surface area contributed by atoms with Crippen LogP contribution < -0.4 is 5.32 Å². The van der Waals surface area contributed by atoms with Gasteiger partial charge in [0.15, 0.2) is 0 Å². The van der Waals surface area contributed by atoms with Crippen molar-refractivity contribution in [2.45, 2.75) is 50.6 Å². The minimum Gasteiger partial charge on any atom is -0.481 e. The smallest absolute Gasteiger partial charge is 0.311 e. The van der Waals surface area contributed by atoms with Gasteiger partial charge in [0.1, 0.15) is 17.5 Å². The summed E-state index contributed by atoms with van der Waals surface area (Å²) in [4.78, 5) is 42.2. The van der Waals surface area contributed by atoms with Crippen molar-refractivity contribution in [1.29, 1.82) is 0 Å². The first-order valence-corrected chi connectivity index (χ1v) is 18.2. The highest BCUT2D eigenvalue weighted by Crippen LogP contribution is 2.59. The molecule has 268 valence electrons. The van der Waals surface area contributed by atoms with Crippen molar-refractivity contribution in [3.8, 4) is 11.3 Å². The summed E-state index contributed by atoms with van der Waals surface area (Å²) in [7, 11) is 0. The van der Waals surface area contributed by atoms with E-state index < -0.39 is 16.8 Å². The van der Waals surface area contributed by atoms with Gasteiger partial charge < -0.3 is 19.2 Å². The van der Waals surface area contributed by atoms with Crippen molar-refractivity contribution in [1.82, 2.24) is 29.1 Å². The number of aliphatic carboxylic acids is 1. The highest BCUT2D eigenvalue weighted by molar-refractivity contribution is 5.98. The second kappa shape index (κ2) is 11.6. The number of anilines is 1. The van der Waals surface area contributed by atoms with E-state index >= 15 is 0 Å². The van der Waals surface area contributed by atoms with Gasteiger partial charge in [-0.15, -0.1) is 0 Å². The number of amides is 1. The van der Waals surface area contributed by atoms with E-state index in [1.165, 1.54) is 22.8 Å². The summed E-state index contributed by atoms with van der Waals surface area (Å²) in [6.45, 7) is 3.88. The quantitative estimate of drug-likeness (QED) is 0.169. The van der Waals surface area contributed by atoms with Gasteiger partial charge in [-0.3, -0.25) is 14.9 Å². The number of fused-ring (bicyclic) bond motifs is 3. The first-order valence-electron chi connectivity index (χ1n) is 18.2. The Bertz CT molecular complexity index is 2660. The van der Waals surface area contributed by atoms with Gasteiger partial charge in [0.25, 0.3) is 0 Å². The molecule has 6 atom stereocenters. The van der Waals surface area contributed by atoms with Gasteiger partial charge in [0, 0.05) is 47.6 Å². The zero-order valence-corrected chi connectivity index (χ0v) is 29.6. The third-order valence-corrected chi connectivity index (χ3v) is 12.3. The lowest BCUT2D eigenvalue weighted by Crippen LogP contribution is -2.50. The number of nitrogens with one attached hydrogen (secondary N) is 2. The molecule has 0 saturated heterocycles. The number of halogens is 1. The van der Waals surface area contributed by atoms with Gasteiger partial charge in [0.2, 0.25) is 11.9 Å². The average Bonchev–Trinajstić information content (AvgIpc) is 3.98. The SMILES string of the molecule is CC1(C(=O)Nc2ncc(-c3ccc(F)c4ccccc34)[nH]2)CC2c3ccccc3C1n1ccnc12.CC1(C(=O)O)CC2c3ccccc3C1n1ccnc12. The molecule has 4 aromatic carbocycles. The van der Waals surface area contributed by atoms with Crippen LogP contribution in [-0.4, -0.2) is 46.1 Å². The number of rotatable bonds is 4. The zero-order valence-electron chi connectivity index (χ0n) is 29.6. The molecule has 2 aliphatic carbocycles. The number of carboxylic acids is 1. The molecule has 4 bridgehead atoms. The number of aromatic amines is 1. The first-order chi connectivity index (χ1) is 26.2. The molecule has 1 amide bonds. The topological polar surface area (TPSA) is 131 Å². The molecule has 0 spiro atoms. The molecule has 3 N–H and O–H groups in total. The van der Waals surface area contributed by atoms with Crippen LogP contribution in [0.5, 0.6) is 0 Å². The van der Waals surface area contributed by atoms with Crippen LogP contribution in [0.1, 0.15) is 84.5 Å². The molecular weight excluding hydrogens is 682 g/mol. The Labute approximate surface area is 309 Å². The van der Waals surface area contributed by atoms with Crippen LogP contribution in [-0.2, 0) is 9.59 Å². The Kier molecular flexibility index (Phi) is 6.92. The number of benzene rings is 4. The van der Waals surface area contributed by atoms with E-state index in [2.05, 4.69) is 54.1 Å². The summed E-state index contributed by atoms with van der Waals surface area (Å²) < 4.78 is 18.5. The standard InChI is InChI=1S/C28H22FN5O.C15H14N2O2/c1-28(14-21-17-7-3-5-9-20(17)24(28)34-13-12-30-25(21)34)26(35)33-27-31-15-23(32-27)19-10-11-22(29)18-8-4-2-6-16(18)19;1-15(14(18)19)8-11-9-4-2-3-5-10(9)12(15)17-7-6-16-13(11)17/h2-13,15,21,24H,14H2,1H3,(H2,31,32,33,35);2-7,11-12H,8H2,1H3,(H,18,19). The van der Waals surface area contributed by atoms with Crippen molar-refractivity contribution >= 4 is 28.6 Å². The van der Waals surface area contributed by atoms with Crippen molar-refractivity contribution < 1.29 is 19.1 Å². The van der Waals surface area contributed by atoms with Gasteiger partial charge in [-0.05, 0) is 66.5 Å². The second-order valence-corrected chi connectivity index (χ2v) is 15.3. The molecule has 6 unspecified atom stereocenters. The van der Waals surface area contributed by atoms with Crippen molar-refractivity contribution in [3.05, 3.63) is 156 Å². The van der Waals surface area contributed by atoms with Crippen LogP contribution in [0.15, 0.2) is 116 Å². The molecule has 7 heterocycles. The van der Waals surface area contributed by atoms with Gasteiger partial charge in [-0.2, -0.15) is 0 Å². The Balaban J connectivity index is 0.000000160. The van der Waals surface area contributed by atoms with E-state index in [1.807, 2.05) is 79.5 Å². The number of H-pyrrole nitrogens is 1. The highest BCUT2D eigenvalue weighted by atomic mass is 19.1. The van der Waals surface area contributed by atoms with Crippen LogP contribution in [0.25, 0.3) is 22.0 Å². The monoisotopic (exact) mass is 717 g/mol. The number of nitrogens with zero attached hydrogens (tertiary/aromatic N) is 5. The molecule has 0 fully saturated rings. The molecule has 0 radical (unpaired) electrons. The number of hydrogen-bond donors (Lipinski definition) is 3. The molecule has 7 aromatic rings. The van der Waals surface area contributed by atoms with Crippen molar-refractivity contribution in [2.24, 2.45) is 10.8 Å². The van der Waals surface area contributed by atoms with Crippen LogP contribution in [0.3, 0.4) is 0 Å². The molecule has 11 heteroatoms. The van der Waals surface area contributed by atoms with E-state index in [0.717, 1.165) is 28.2 Å². The maximum absolute atomic E-state index is 14.3. The zero-order chi connectivity index (χ0) is 36.9. The van der Waals surface area contributed by atoms with Gasteiger partial charge >= 0.3 is 5.97 Å². The Morgan fingerprint density at radius 3 is 1.89 bits per heavy atom. The Morgan fingerprint density at radius 1 is 0.741 bits per heavy atom. The van der Waals surface area contributed by atoms with E-state index in [-0.39, 0.29) is 35.6 Å². The fraction of sp³-hybridized carbons (Fsp3) is 0.233. The molecular formula is C43H36FN7O3. The number of carbonyl (C=O) groups excluding carboxylic acids is 1. The van der Waals surface area contributed by atoms with Gasteiger partial charge in [-0.1, -0.05) is 72.8 Å². The normalized spacial score (nSPS) is 25.2. The summed E-state index contributed by atoms with van der Waals surface area (Å²) in [5.74, 6) is 1.47. The fourth-order valence-corrected chi connectivity index (χ4v) is 9.82. The largest absolute Gasteiger partial charge is 0.481 e. The molecule has 0 saturated carbocycles. The van der Waals surface area contributed by atoms with Crippen LogP contribution in [0.4, 0.5) is 10.3 Å². The Hall–Kier alpha value is -6.36. The maximum atomic E-state index is 14.3. The molecule has 13 rings (SSSR count). The molecule has 3 aromatic heterocycles. The predicted octanol–water partition coefficient (Wildman–Crippen LogP) is 8.06. The van der Waals surface area contributed by atoms with E-state index in [9.17, 15) is 19.1 Å². The number of hydrogen-bond acceptors (Lipinski definition) is 5. The summed E-state index contributed by atoms with van der Waals surface area (Å²) in [6, 6.07) is 26.7. The highest BCUT2D eigenvalue weighted by Gasteiger charge is 2.56. The van der Waals surface area contributed by atoms with Crippen LogP contribution in [0.2, 0.25) is 0 Å². The second-order valence-electron chi connectivity index (χ2n) is 15.3.